The highest BCUT2D eigenvalue weighted by Crippen LogP contribution is 2.28. The Morgan fingerprint density at radius 3 is 1.44 bits per heavy atom. The van der Waals surface area contributed by atoms with E-state index in [2.05, 4.69) is 93.7 Å². The third-order valence-electron chi connectivity index (χ3n) is 3.31. The van der Waals surface area contributed by atoms with Crippen LogP contribution in [0.25, 0.3) is 21.5 Å². The topological polar surface area (TPSA) is 0 Å². The van der Waals surface area contributed by atoms with E-state index in [1.807, 2.05) is 0 Å². The van der Waals surface area contributed by atoms with Gasteiger partial charge in [-0.25, -0.2) is 0 Å². The average Bonchev–Trinajstić information content (AvgIpc) is 2.43. The minimum Gasteiger partial charge on any atom is -0.0812 e. The van der Waals surface area contributed by atoms with E-state index in [1.165, 1.54) is 32.7 Å². The summed E-state index contributed by atoms with van der Waals surface area (Å²) in [5, 5.41) is 5.36. The molecular formula is C16H12I2. The van der Waals surface area contributed by atoms with Gasteiger partial charge in [0.2, 0.25) is 0 Å². The Kier molecular flexibility index (Phi) is 3.75. The Balaban J connectivity index is 2.36. The van der Waals surface area contributed by atoms with E-state index in [1.54, 1.807) is 0 Å². The zero-order valence-corrected chi connectivity index (χ0v) is 14.1. The highest BCUT2D eigenvalue weighted by Gasteiger charge is 2.04. The first-order chi connectivity index (χ1) is 8.81. The molecule has 0 aliphatic heterocycles. The van der Waals surface area contributed by atoms with E-state index in [0.29, 0.717) is 0 Å². The number of rotatable bonds is 2. The van der Waals surface area contributed by atoms with Crippen LogP contribution in [0.3, 0.4) is 0 Å². The molecule has 0 unspecified atom stereocenters. The molecule has 0 aromatic heterocycles. The van der Waals surface area contributed by atoms with Crippen molar-refractivity contribution in [1.29, 1.82) is 0 Å². The lowest BCUT2D eigenvalue weighted by Gasteiger charge is -2.08. The number of hydrogen-bond acceptors (Lipinski definition) is 0. The molecule has 0 nitrogen and oxygen atoms in total. The van der Waals surface area contributed by atoms with Crippen LogP contribution in [0.2, 0.25) is 0 Å². The van der Waals surface area contributed by atoms with Gasteiger partial charge < -0.3 is 0 Å². The van der Waals surface area contributed by atoms with Gasteiger partial charge >= 0.3 is 0 Å². The molecule has 18 heavy (non-hydrogen) atoms. The third-order valence-corrected chi connectivity index (χ3v) is 4.95. The van der Waals surface area contributed by atoms with Crippen LogP contribution >= 0.6 is 45.2 Å². The Morgan fingerprint density at radius 2 is 1.06 bits per heavy atom. The first-order valence-electron chi connectivity index (χ1n) is 5.88. The first-order valence-corrected chi connectivity index (χ1v) is 8.93. The molecule has 0 atom stereocenters. The molecule has 0 N–H and O–H groups in total. The highest BCUT2D eigenvalue weighted by atomic mass is 127. The van der Waals surface area contributed by atoms with Crippen molar-refractivity contribution in [2.75, 3.05) is 0 Å². The predicted molar refractivity (Wildman–Crippen MR) is 96.9 cm³/mol. The van der Waals surface area contributed by atoms with Gasteiger partial charge in [-0.2, -0.15) is 0 Å². The molecular weight excluding hydrogens is 446 g/mol. The van der Waals surface area contributed by atoms with E-state index in [4.69, 9.17) is 0 Å². The number of fused-ring (bicyclic) bond motifs is 2. The van der Waals surface area contributed by atoms with Gasteiger partial charge in [-0.15, -0.1) is 0 Å². The molecule has 0 aliphatic rings. The van der Waals surface area contributed by atoms with Gasteiger partial charge in [0.25, 0.3) is 0 Å². The van der Waals surface area contributed by atoms with Gasteiger partial charge in [-0.05, 0) is 44.8 Å². The van der Waals surface area contributed by atoms with Gasteiger partial charge in [0, 0.05) is 8.86 Å². The van der Waals surface area contributed by atoms with E-state index in [9.17, 15) is 0 Å². The highest BCUT2D eigenvalue weighted by molar-refractivity contribution is 14.1. The maximum absolute atomic E-state index is 2.45. The summed E-state index contributed by atoms with van der Waals surface area (Å²) in [6, 6.07) is 17.9. The molecule has 3 rings (SSSR count). The molecule has 0 bridgehead atoms. The van der Waals surface area contributed by atoms with Crippen molar-refractivity contribution in [1.82, 2.24) is 0 Å². The van der Waals surface area contributed by atoms with E-state index in [0.717, 1.165) is 8.86 Å². The van der Waals surface area contributed by atoms with Gasteiger partial charge in [0.15, 0.2) is 0 Å². The summed E-state index contributed by atoms with van der Waals surface area (Å²) in [7, 11) is 0. The fourth-order valence-corrected chi connectivity index (χ4v) is 3.76. The monoisotopic (exact) mass is 458 g/mol. The van der Waals surface area contributed by atoms with Gasteiger partial charge in [0.05, 0.1) is 0 Å². The van der Waals surface area contributed by atoms with Crippen LogP contribution in [-0.4, -0.2) is 0 Å². The zero-order valence-electron chi connectivity index (χ0n) is 9.79. The zero-order chi connectivity index (χ0) is 12.5. The van der Waals surface area contributed by atoms with Crippen molar-refractivity contribution in [3.05, 3.63) is 59.7 Å². The third kappa shape index (κ3) is 2.25. The van der Waals surface area contributed by atoms with Gasteiger partial charge in [-0.1, -0.05) is 81.6 Å². The lowest BCUT2D eigenvalue weighted by Crippen LogP contribution is -1.88. The number of alkyl halides is 2. The SMILES string of the molecule is ICc1cc2cc3ccccc3cc2cc1CI. The van der Waals surface area contributed by atoms with Crippen molar-refractivity contribution in [3.8, 4) is 0 Å². The molecule has 0 amide bonds. The summed E-state index contributed by atoms with van der Waals surface area (Å²) < 4.78 is 2.16. The van der Waals surface area contributed by atoms with Crippen molar-refractivity contribution >= 4 is 66.7 Å². The second kappa shape index (κ2) is 5.33. The van der Waals surface area contributed by atoms with Crippen LogP contribution in [0.5, 0.6) is 0 Å². The van der Waals surface area contributed by atoms with Crippen molar-refractivity contribution < 1.29 is 0 Å². The second-order valence-corrected chi connectivity index (χ2v) is 5.96. The average molecular weight is 458 g/mol. The smallest absolute Gasteiger partial charge is 0.0250 e. The summed E-state index contributed by atoms with van der Waals surface area (Å²) in [5.74, 6) is 0. The summed E-state index contributed by atoms with van der Waals surface area (Å²) in [6.45, 7) is 0. The normalized spacial score (nSPS) is 11.2. The standard InChI is InChI=1S/C16H12I2/c17-9-15-7-13-5-11-3-1-2-4-12(11)6-14(13)8-16(15)10-18/h1-8H,9-10H2. The van der Waals surface area contributed by atoms with Crippen LogP contribution < -0.4 is 0 Å². The summed E-state index contributed by atoms with van der Waals surface area (Å²) in [6.07, 6.45) is 0. The summed E-state index contributed by atoms with van der Waals surface area (Å²) in [4.78, 5) is 0. The minimum atomic E-state index is 1.08. The molecule has 0 aliphatic carbocycles. The lowest BCUT2D eigenvalue weighted by atomic mass is 9.99. The molecule has 0 radical (unpaired) electrons. The quantitative estimate of drug-likeness (QED) is 0.257. The van der Waals surface area contributed by atoms with Crippen LogP contribution in [0, 0.1) is 0 Å². The first kappa shape index (κ1) is 12.7. The second-order valence-electron chi connectivity index (χ2n) is 4.43. The molecule has 90 valence electrons. The van der Waals surface area contributed by atoms with Crippen LogP contribution in [0.1, 0.15) is 11.1 Å². The van der Waals surface area contributed by atoms with E-state index < -0.39 is 0 Å². The predicted octanol–water partition coefficient (Wildman–Crippen LogP) is 5.86. The van der Waals surface area contributed by atoms with Crippen LogP contribution in [0.4, 0.5) is 0 Å². The number of halogens is 2. The van der Waals surface area contributed by atoms with E-state index in [-0.39, 0.29) is 0 Å². The van der Waals surface area contributed by atoms with Crippen LogP contribution in [0.15, 0.2) is 48.5 Å². The lowest BCUT2D eigenvalue weighted by molar-refractivity contribution is 1.35. The molecule has 0 saturated carbocycles. The van der Waals surface area contributed by atoms with Gasteiger partial charge in [0.1, 0.15) is 0 Å². The Hall–Kier alpha value is -0.360. The van der Waals surface area contributed by atoms with Crippen molar-refractivity contribution in [2.45, 2.75) is 8.86 Å². The van der Waals surface area contributed by atoms with Crippen molar-refractivity contribution in [3.63, 3.8) is 0 Å². The molecule has 0 spiro atoms. The molecule has 3 aromatic carbocycles. The Labute approximate surface area is 134 Å². The molecule has 0 heterocycles. The number of benzene rings is 3. The maximum Gasteiger partial charge on any atom is 0.0250 e. The molecule has 0 fully saturated rings. The summed E-state index contributed by atoms with van der Waals surface area (Å²) >= 11 is 4.90. The van der Waals surface area contributed by atoms with Gasteiger partial charge in [-0.3, -0.25) is 0 Å². The summed E-state index contributed by atoms with van der Waals surface area (Å²) in [5.41, 5.74) is 2.93. The minimum absolute atomic E-state index is 1.08. The molecule has 3 aromatic rings. The van der Waals surface area contributed by atoms with E-state index >= 15 is 0 Å². The van der Waals surface area contributed by atoms with Crippen molar-refractivity contribution in [2.24, 2.45) is 0 Å². The Bertz CT molecular complexity index is 655. The molecule has 2 heteroatoms. The molecule has 0 saturated heterocycles. The fourth-order valence-electron chi connectivity index (χ4n) is 2.34. The maximum atomic E-state index is 2.45. The largest absolute Gasteiger partial charge is 0.0812 e. The Morgan fingerprint density at radius 1 is 0.611 bits per heavy atom. The van der Waals surface area contributed by atoms with Crippen LogP contribution in [-0.2, 0) is 8.86 Å². The fraction of sp³-hybridized carbons (Fsp3) is 0.125. The number of hydrogen-bond donors (Lipinski definition) is 0.